The van der Waals surface area contributed by atoms with Crippen molar-refractivity contribution in [3.05, 3.63) is 29.7 Å². The van der Waals surface area contributed by atoms with Gasteiger partial charge in [0.2, 0.25) is 0 Å². The Bertz CT molecular complexity index is 705. The average Bonchev–Trinajstić information content (AvgIpc) is 2.75. The molecule has 2 aromatic rings. The number of rotatable bonds is 1. The van der Waals surface area contributed by atoms with Gasteiger partial charge >= 0.3 is 7.12 Å². The topological polar surface area (TPSA) is 23.4 Å². The standard InChI is InChI=1S/C16H21BFNO2/c1-10-9-11-12(7-8-13(18)14(11)19(10)6)17-20-15(2,3)16(4,5)21-17/h7-9H,1-6H3. The first kappa shape index (κ1) is 14.6. The fourth-order valence-corrected chi connectivity index (χ4v) is 2.75. The van der Waals surface area contributed by atoms with Gasteiger partial charge in [-0.2, -0.15) is 0 Å². The molecule has 0 saturated carbocycles. The minimum Gasteiger partial charge on any atom is -0.399 e. The van der Waals surface area contributed by atoms with Crippen molar-refractivity contribution in [2.45, 2.75) is 45.8 Å². The van der Waals surface area contributed by atoms with Gasteiger partial charge in [0.1, 0.15) is 5.82 Å². The summed E-state index contributed by atoms with van der Waals surface area (Å²) in [6.07, 6.45) is 0. The molecular weight excluding hydrogens is 268 g/mol. The van der Waals surface area contributed by atoms with Crippen LogP contribution < -0.4 is 5.46 Å². The normalized spacial score (nSPS) is 20.4. The summed E-state index contributed by atoms with van der Waals surface area (Å²) in [6, 6.07) is 5.24. The molecule has 1 aliphatic heterocycles. The Morgan fingerprint density at radius 3 is 2.24 bits per heavy atom. The SMILES string of the molecule is Cc1cc2c(B3OC(C)(C)C(C)(C)O3)ccc(F)c2n1C. The van der Waals surface area contributed by atoms with Crippen molar-refractivity contribution in [2.24, 2.45) is 7.05 Å². The number of hydrogen-bond donors (Lipinski definition) is 0. The summed E-state index contributed by atoms with van der Waals surface area (Å²) in [5.74, 6) is -0.221. The Balaban J connectivity index is 2.15. The van der Waals surface area contributed by atoms with Crippen LogP contribution in [0.2, 0.25) is 0 Å². The zero-order valence-electron chi connectivity index (χ0n) is 13.5. The number of benzene rings is 1. The van der Waals surface area contributed by atoms with Crippen LogP contribution in [0.3, 0.4) is 0 Å². The third kappa shape index (κ3) is 2.02. The predicted octanol–water partition coefficient (Wildman–Crippen LogP) is 2.93. The van der Waals surface area contributed by atoms with Crippen LogP contribution in [0.5, 0.6) is 0 Å². The van der Waals surface area contributed by atoms with Crippen LogP contribution in [0.25, 0.3) is 10.9 Å². The fraction of sp³-hybridized carbons (Fsp3) is 0.500. The van der Waals surface area contributed by atoms with E-state index >= 15 is 0 Å². The zero-order chi connectivity index (χ0) is 15.6. The van der Waals surface area contributed by atoms with E-state index in [1.54, 1.807) is 6.07 Å². The lowest BCUT2D eigenvalue weighted by molar-refractivity contribution is 0.00578. The molecule has 2 heterocycles. The summed E-state index contributed by atoms with van der Waals surface area (Å²) in [7, 11) is 1.40. The number of fused-ring (bicyclic) bond motifs is 1. The third-order valence-corrected chi connectivity index (χ3v) is 4.93. The summed E-state index contributed by atoms with van der Waals surface area (Å²) < 4.78 is 28.2. The zero-order valence-corrected chi connectivity index (χ0v) is 13.5. The minimum absolute atomic E-state index is 0.221. The molecule has 0 bridgehead atoms. The molecule has 5 heteroatoms. The van der Waals surface area contributed by atoms with Gasteiger partial charge in [-0.05, 0) is 52.2 Å². The maximum Gasteiger partial charge on any atom is 0.495 e. The van der Waals surface area contributed by atoms with Crippen LogP contribution in [-0.2, 0) is 16.4 Å². The molecular formula is C16H21BFNO2. The van der Waals surface area contributed by atoms with Crippen molar-refractivity contribution < 1.29 is 13.7 Å². The first-order valence-corrected chi connectivity index (χ1v) is 7.24. The van der Waals surface area contributed by atoms with Crippen LogP contribution >= 0.6 is 0 Å². The van der Waals surface area contributed by atoms with Gasteiger partial charge in [-0.15, -0.1) is 0 Å². The van der Waals surface area contributed by atoms with Gasteiger partial charge < -0.3 is 13.9 Å². The molecule has 0 atom stereocenters. The van der Waals surface area contributed by atoms with E-state index in [0.29, 0.717) is 5.52 Å². The quantitative estimate of drug-likeness (QED) is 0.754. The highest BCUT2D eigenvalue weighted by Gasteiger charge is 2.52. The highest BCUT2D eigenvalue weighted by atomic mass is 19.1. The van der Waals surface area contributed by atoms with Crippen LogP contribution in [-0.4, -0.2) is 22.9 Å². The Labute approximate surface area is 125 Å². The molecule has 1 aromatic heterocycles. The lowest BCUT2D eigenvalue weighted by Gasteiger charge is -2.32. The third-order valence-electron chi connectivity index (χ3n) is 4.93. The lowest BCUT2D eigenvalue weighted by Crippen LogP contribution is -2.41. The highest BCUT2D eigenvalue weighted by Crippen LogP contribution is 2.37. The second-order valence-corrected chi connectivity index (χ2v) is 6.83. The summed E-state index contributed by atoms with van der Waals surface area (Å²) >= 11 is 0. The van der Waals surface area contributed by atoms with E-state index in [4.69, 9.17) is 9.31 Å². The van der Waals surface area contributed by atoms with Gasteiger partial charge in [0.15, 0.2) is 0 Å². The van der Waals surface area contributed by atoms with Gasteiger partial charge in [0.05, 0.1) is 16.7 Å². The number of hydrogen-bond acceptors (Lipinski definition) is 2. The van der Waals surface area contributed by atoms with Gasteiger partial charge in [0.25, 0.3) is 0 Å². The molecule has 0 N–H and O–H groups in total. The number of halogens is 1. The molecule has 1 aromatic carbocycles. The summed E-state index contributed by atoms with van der Waals surface area (Å²) in [5.41, 5.74) is 1.69. The minimum atomic E-state index is -0.472. The molecule has 0 amide bonds. The van der Waals surface area contributed by atoms with Crippen molar-refractivity contribution in [2.75, 3.05) is 0 Å². The maximum absolute atomic E-state index is 14.1. The maximum atomic E-state index is 14.1. The highest BCUT2D eigenvalue weighted by molar-refractivity contribution is 6.65. The molecule has 0 spiro atoms. The first-order valence-electron chi connectivity index (χ1n) is 7.24. The molecule has 0 radical (unpaired) electrons. The molecule has 1 saturated heterocycles. The van der Waals surface area contributed by atoms with Gasteiger partial charge in [-0.25, -0.2) is 4.39 Å². The molecule has 0 aliphatic carbocycles. The van der Waals surface area contributed by atoms with Gasteiger partial charge in [0, 0.05) is 18.1 Å². The number of nitrogens with zero attached hydrogens (tertiary/aromatic N) is 1. The summed E-state index contributed by atoms with van der Waals surface area (Å²) in [4.78, 5) is 0. The van der Waals surface area contributed by atoms with Gasteiger partial charge in [-0.3, -0.25) is 0 Å². The molecule has 3 rings (SSSR count). The Morgan fingerprint density at radius 2 is 1.67 bits per heavy atom. The number of aryl methyl sites for hydroxylation is 2. The van der Waals surface area contributed by atoms with E-state index in [1.165, 1.54) is 6.07 Å². The van der Waals surface area contributed by atoms with Gasteiger partial charge in [-0.1, -0.05) is 6.07 Å². The van der Waals surface area contributed by atoms with E-state index in [1.807, 2.05) is 52.3 Å². The molecule has 0 unspecified atom stereocenters. The Morgan fingerprint density at radius 1 is 1.10 bits per heavy atom. The van der Waals surface area contributed by atoms with Crippen LogP contribution in [0.4, 0.5) is 4.39 Å². The summed E-state index contributed by atoms with van der Waals surface area (Å²) in [6.45, 7) is 10.0. The van der Waals surface area contributed by atoms with Crippen molar-refractivity contribution in [3.63, 3.8) is 0 Å². The van der Waals surface area contributed by atoms with Crippen molar-refractivity contribution >= 4 is 23.5 Å². The lowest BCUT2D eigenvalue weighted by atomic mass is 9.77. The second-order valence-electron chi connectivity index (χ2n) is 6.83. The van der Waals surface area contributed by atoms with Crippen molar-refractivity contribution in [1.82, 2.24) is 4.57 Å². The predicted molar refractivity (Wildman–Crippen MR) is 83.3 cm³/mol. The van der Waals surface area contributed by atoms with E-state index in [-0.39, 0.29) is 5.82 Å². The van der Waals surface area contributed by atoms with E-state index < -0.39 is 18.3 Å². The van der Waals surface area contributed by atoms with E-state index in [2.05, 4.69) is 0 Å². The molecule has 112 valence electrons. The molecule has 21 heavy (non-hydrogen) atoms. The Kier molecular flexibility index (Phi) is 3.02. The van der Waals surface area contributed by atoms with Crippen LogP contribution in [0, 0.1) is 12.7 Å². The first-order chi connectivity index (χ1) is 9.64. The largest absolute Gasteiger partial charge is 0.495 e. The van der Waals surface area contributed by atoms with Crippen LogP contribution in [0.1, 0.15) is 33.4 Å². The Hall–Kier alpha value is -1.33. The molecule has 1 aliphatic rings. The average molecular weight is 289 g/mol. The molecule has 1 fully saturated rings. The van der Waals surface area contributed by atoms with Crippen molar-refractivity contribution in [3.8, 4) is 0 Å². The summed E-state index contributed by atoms with van der Waals surface area (Å²) in [5, 5.41) is 0.855. The van der Waals surface area contributed by atoms with E-state index in [9.17, 15) is 4.39 Å². The van der Waals surface area contributed by atoms with Crippen LogP contribution in [0.15, 0.2) is 18.2 Å². The van der Waals surface area contributed by atoms with Crippen molar-refractivity contribution in [1.29, 1.82) is 0 Å². The smallest absolute Gasteiger partial charge is 0.399 e. The molecule has 3 nitrogen and oxygen atoms in total. The van der Waals surface area contributed by atoms with E-state index in [0.717, 1.165) is 16.5 Å². The number of aromatic nitrogens is 1. The monoisotopic (exact) mass is 289 g/mol. The second kappa shape index (κ2) is 4.34. The fourth-order valence-electron chi connectivity index (χ4n) is 2.75.